The summed E-state index contributed by atoms with van der Waals surface area (Å²) in [5.41, 5.74) is 12.6. The minimum Gasteiger partial charge on any atom is -0.366 e. The molecule has 0 radical (unpaired) electrons. The van der Waals surface area contributed by atoms with Crippen LogP contribution in [0.1, 0.15) is 29.3 Å². The van der Waals surface area contributed by atoms with Gasteiger partial charge in [-0.05, 0) is 24.5 Å². The van der Waals surface area contributed by atoms with Crippen molar-refractivity contribution in [2.45, 2.75) is 25.8 Å². The van der Waals surface area contributed by atoms with Gasteiger partial charge in [0.15, 0.2) is 0 Å². The Morgan fingerprint density at radius 2 is 2.07 bits per heavy atom. The molecule has 0 spiro atoms. The summed E-state index contributed by atoms with van der Waals surface area (Å²) in [6, 6.07) is 7.43. The fourth-order valence-corrected chi connectivity index (χ4v) is 1.37. The molecule has 0 unspecified atom stereocenters. The molecule has 3 heteroatoms. The summed E-state index contributed by atoms with van der Waals surface area (Å²) in [5.74, 6) is -0.385. The molecule has 1 amide bonds. The number of carbonyl (C=O) groups excluding carboxylic acids is 1. The molecule has 3 nitrogen and oxygen atoms in total. The standard InChI is InChI=1S/C11H16N2O/c1-2-9(12)7-8-5-3-4-6-10(8)11(13)14/h3-6,9H,2,7,12H2,1H3,(H2,13,14)/t9-/m0/s1. The number of hydrogen-bond donors (Lipinski definition) is 2. The number of carbonyl (C=O) groups is 1. The number of benzene rings is 1. The van der Waals surface area contributed by atoms with Gasteiger partial charge in [-0.1, -0.05) is 25.1 Å². The summed E-state index contributed by atoms with van der Waals surface area (Å²) in [7, 11) is 0. The van der Waals surface area contributed by atoms with Gasteiger partial charge < -0.3 is 11.5 Å². The van der Waals surface area contributed by atoms with Gasteiger partial charge in [0, 0.05) is 11.6 Å². The minimum atomic E-state index is -0.385. The first-order valence-electron chi connectivity index (χ1n) is 4.78. The van der Waals surface area contributed by atoms with Crippen molar-refractivity contribution >= 4 is 5.91 Å². The maximum absolute atomic E-state index is 11.1. The van der Waals surface area contributed by atoms with E-state index in [1.807, 2.05) is 19.1 Å². The third-order valence-corrected chi connectivity index (χ3v) is 2.29. The number of amides is 1. The Kier molecular flexibility index (Phi) is 3.65. The average Bonchev–Trinajstić information content (AvgIpc) is 2.18. The summed E-state index contributed by atoms with van der Waals surface area (Å²) in [6.07, 6.45) is 1.60. The van der Waals surface area contributed by atoms with Gasteiger partial charge in [-0.25, -0.2) is 0 Å². The maximum atomic E-state index is 11.1. The Morgan fingerprint density at radius 3 is 2.64 bits per heavy atom. The molecule has 0 saturated heterocycles. The van der Waals surface area contributed by atoms with Gasteiger partial charge in [-0.2, -0.15) is 0 Å². The second-order valence-electron chi connectivity index (χ2n) is 3.39. The lowest BCUT2D eigenvalue weighted by Gasteiger charge is -2.11. The topological polar surface area (TPSA) is 69.1 Å². The molecule has 4 N–H and O–H groups in total. The molecule has 0 aromatic heterocycles. The van der Waals surface area contributed by atoms with E-state index >= 15 is 0 Å². The molecule has 0 bridgehead atoms. The van der Waals surface area contributed by atoms with Crippen molar-refractivity contribution in [3.05, 3.63) is 35.4 Å². The zero-order valence-electron chi connectivity index (χ0n) is 8.36. The Morgan fingerprint density at radius 1 is 1.43 bits per heavy atom. The van der Waals surface area contributed by atoms with Gasteiger partial charge in [0.25, 0.3) is 0 Å². The molecule has 14 heavy (non-hydrogen) atoms. The number of primary amides is 1. The minimum absolute atomic E-state index is 0.0931. The van der Waals surface area contributed by atoms with Gasteiger partial charge in [0.2, 0.25) is 5.91 Å². The van der Waals surface area contributed by atoms with Crippen molar-refractivity contribution in [2.75, 3.05) is 0 Å². The number of nitrogens with two attached hydrogens (primary N) is 2. The molecule has 0 aliphatic carbocycles. The van der Waals surface area contributed by atoms with Crippen LogP contribution in [0.5, 0.6) is 0 Å². The molecule has 0 fully saturated rings. The normalized spacial score (nSPS) is 12.4. The van der Waals surface area contributed by atoms with Crippen LogP contribution < -0.4 is 11.5 Å². The van der Waals surface area contributed by atoms with Crippen LogP contribution in [0, 0.1) is 0 Å². The van der Waals surface area contributed by atoms with Crippen LogP contribution in [0.4, 0.5) is 0 Å². The molecule has 0 aliphatic rings. The predicted molar refractivity (Wildman–Crippen MR) is 56.9 cm³/mol. The third-order valence-electron chi connectivity index (χ3n) is 2.29. The van der Waals surface area contributed by atoms with Crippen molar-refractivity contribution < 1.29 is 4.79 Å². The van der Waals surface area contributed by atoms with E-state index in [1.165, 1.54) is 0 Å². The second-order valence-corrected chi connectivity index (χ2v) is 3.39. The highest BCUT2D eigenvalue weighted by atomic mass is 16.1. The van der Waals surface area contributed by atoms with Crippen molar-refractivity contribution in [1.82, 2.24) is 0 Å². The van der Waals surface area contributed by atoms with Crippen LogP contribution in [-0.2, 0) is 6.42 Å². The zero-order chi connectivity index (χ0) is 10.6. The Balaban J connectivity index is 2.90. The molecular weight excluding hydrogens is 176 g/mol. The third kappa shape index (κ3) is 2.57. The highest BCUT2D eigenvalue weighted by molar-refractivity contribution is 5.94. The number of hydrogen-bond acceptors (Lipinski definition) is 2. The maximum Gasteiger partial charge on any atom is 0.248 e. The summed E-state index contributed by atoms with van der Waals surface area (Å²) < 4.78 is 0. The predicted octanol–water partition coefficient (Wildman–Crippen LogP) is 1.07. The highest BCUT2D eigenvalue weighted by Crippen LogP contribution is 2.10. The summed E-state index contributed by atoms with van der Waals surface area (Å²) in [5, 5.41) is 0. The lowest BCUT2D eigenvalue weighted by Crippen LogP contribution is -2.23. The molecule has 1 aromatic carbocycles. The van der Waals surface area contributed by atoms with Crippen molar-refractivity contribution in [3.8, 4) is 0 Å². The fourth-order valence-electron chi connectivity index (χ4n) is 1.37. The van der Waals surface area contributed by atoms with Crippen molar-refractivity contribution in [2.24, 2.45) is 11.5 Å². The van der Waals surface area contributed by atoms with E-state index < -0.39 is 0 Å². The first kappa shape index (κ1) is 10.7. The summed E-state index contributed by atoms with van der Waals surface area (Å²) >= 11 is 0. The fraction of sp³-hybridized carbons (Fsp3) is 0.364. The molecule has 0 aliphatic heterocycles. The largest absolute Gasteiger partial charge is 0.366 e. The lowest BCUT2D eigenvalue weighted by molar-refractivity contribution is 0.0999. The average molecular weight is 192 g/mol. The van der Waals surface area contributed by atoms with E-state index in [1.54, 1.807) is 12.1 Å². The SMILES string of the molecule is CC[C@H](N)Cc1ccccc1C(N)=O. The monoisotopic (exact) mass is 192 g/mol. The van der Waals surface area contributed by atoms with Crippen LogP contribution in [0.25, 0.3) is 0 Å². The van der Waals surface area contributed by atoms with E-state index in [0.29, 0.717) is 12.0 Å². The summed E-state index contributed by atoms with van der Waals surface area (Å²) in [6.45, 7) is 2.03. The van der Waals surface area contributed by atoms with E-state index in [9.17, 15) is 4.79 Å². The van der Waals surface area contributed by atoms with E-state index in [2.05, 4.69) is 0 Å². The lowest BCUT2D eigenvalue weighted by atomic mass is 9.99. The van der Waals surface area contributed by atoms with Crippen LogP contribution in [-0.4, -0.2) is 11.9 Å². The Labute approximate surface area is 84.1 Å². The molecule has 76 valence electrons. The van der Waals surface area contributed by atoms with Gasteiger partial charge in [-0.15, -0.1) is 0 Å². The molecule has 1 rings (SSSR count). The first-order chi connectivity index (χ1) is 6.65. The van der Waals surface area contributed by atoms with Crippen molar-refractivity contribution in [1.29, 1.82) is 0 Å². The second kappa shape index (κ2) is 4.77. The van der Waals surface area contributed by atoms with Gasteiger partial charge in [0.1, 0.15) is 0 Å². The van der Waals surface area contributed by atoms with Crippen LogP contribution in [0.15, 0.2) is 24.3 Å². The highest BCUT2D eigenvalue weighted by Gasteiger charge is 2.09. The zero-order valence-corrected chi connectivity index (χ0v) is 8.36. The van der Waals surface area contributed by atoms with E-state index in [4.69, 9.17) is 11.5 Å². The van der Waals surface area contributed by atoms with Gasteiger partial charge in [0.05, 0.1) is 0 Å². The molecule has 1 atom stereocenters. The summed E-state index contributed by atoms with van der Waals surface area (Å²) in [4.78, 5) is 11.1. The molecular formula is C11H16N2O. The van der Waals surface area contributed by atoms with Gasteiger partial charge >= 0.3 is 0 Å². The smallest absolute Gasteiger partial charge is 0.248 e. The Bertz CT molecular complexity index is 323. The molecule has 0 heterocycles. The van der Waals surface area contributed by atoms with E-state index in [-0.39, 0.29) is 11.9 Å². The first-order valence-corrected chi connectivity index (χ1v) is 4.78. The van der Waals surface area contributed by atoms with E-state index in [0.717, 1.165) is 12.0 Å². The quantitative estimate of drug-likeness (QED) is 0.749. The molecule has 0 saturated carbocycles. The van der Waals surface area contributed by atoms with Crippen LogP contribution >= 0.6 is 0 Å². The molecule has 1 aromatic rings. The number of rotatable bonds is 4. The van der Waals surface area contributed by atoms with Crippen LogP contribution in [0.3, 0.4) is 0 Å². The van der Waals surface area contributed by atoms with Gasteiger partial charge in [-0.3, -0.25) is 4.79 Å². The van der Waals surface area contributed by atoms with Crippen LogP contribution in [0.2, 0.25) is 0 Å². The Hall–Kier alpha value is -1.35. The van der Waals surface area contributed by atoms with Crippen molar-refractivity contribution in [3.63, 3.8) is 0 Å².